The van der Waals surface area contributed by atoms with Crippen molar-refractivity contribution < 1.29 is 9.52 Å². The van der Waals surface area contributed by atoms with E-state index < -0.39 is 6.10 Å². The first-order valence-corrected chi connectivity index (χ1v) is 9.26. The lowest BCUT2D eigenvalue weighted by molar-refractivity contribution is 0.199. The summed E-state index contributed by atoms with van der Waals surface area (Å²) in [6, 6.07) is 22.9. The molecule has 136 valence electrons. The summed E-state index contributed by atoms with van der Waals surface area (Å²) >= 11 is 0. The standard InChI is InChI=1S/C23H27NO2/c1-17(8-9-19-6-4-3-5-7-19)24-16-22-14-15-23(26-22)21-12-10-20(11-13-21)18(2)25/h3-7,10-15,17-18,24-25H,8-9,16H2,1-2H3. The maximum atomic E-state index is 9.60. The molecule has 3 rings (SSSR count). The van der Waals surface area contributed by atoms with Gasteiger partial charge in [0.05, 0.1) is 12.6 Å². The average molecular weight is 349 g/mol. The largest absolute Gasteiger partial charge is 0.460 e. The molecule has 2 aromatic carbocycles. The molecule has 0 saturated heterocycles. The first kappa shape index (κ1) is 18.4. The van der Waals surface area contributed by atoms with Crippen LogP contribution < -0.4 is 5.32 Å². The molecule has 0 aliphatic heterocycles. The molecule has 0 saturated carbocycles. The number of benzene rings is 2. The smallest absolute Gasteiger partial charge is 0.134 e. The van der Waals surface area contributed by atoms with Crippen molar-refractivity contribution in [2.24, 2.45) is 0 Å². The molecule has 1 heterocycles. The molecule has 26 heavy (non-hydrogen) atoms. The van der Waals surface area contributed by atoms with Crippen LogP contribution in [0.15, 0.2) is 71.1 Å². The van der Waals surface area contributed by atoms with Crippen molar-refractivity contribution in [3.8, 4) is 11.3 Å². The monoisotopic (exact) mass is 349 g/mol. The Bertz CT molecular complexity index is 791. The molecule has 0 bridgehead atoms. The van der Waals surface area contributed by atoms with Crippen molar-refractivity contribution in [1.82, 2.24) is 5.32 Å². The zero-order chi connectivity index (χ0) is 18.4. The minimum atomic E-state index is -0.446. The van der Waals surface area contributed by atoms with Crippen molar-refractivity contribution in [2.75, 3.05) is 0 Å². The van der Waals surface area contributed by atoms with Gasteiger partial charge >= 0.3 is 0 Å². The molecule has 0 spiro atoms. The zero-order valence-electron chi connectivity index (χ0n) is 15.5. The average Bonchev–Trinajstić information content (AvgIpc) is 3.14. The number of hydrogen-bond acceptors (Lipinski definition) is 3. The Morgan fingerprint density at radius 2 is 1.65 bits per heavy atom. The van der Waals surface area contributed by atoms with Crippen molar-refractivity contribution in [3.05, 3.63) is 83.6 Å². The highest BCUT2D eigenvalue weighted by molar-refractivity contribution is 5.58. The van der Waals surface area contributed by atoms with Gasteiger partial charge in [0.2, 0.25) is 0 Å². The molecule has 0 aliphatic rings. The van der Waals surface area contributed by atoms with E-state index in [1.54, 1.807) is 6.92 Å². The Balaban J connectivity index is 1.50. The molecular weight excluding hydrogens is 322 g/mol. The van der Waals surface area contributed by atoms with Gasteiger partial charge in [-0.25, -0.2) is 0 Å². The van der Waals surface area contributed by atoms with Gasteiger partial charge in [0, 0.05) is 11.6 Å². The molecule has 1 aromatic heterocycles. The fourth-order valence-corrected chi connectivity index (χ4v) is 2.96. The van der Waals surface area contributed by atoms with E-state index in [-0.39, 0.29) is 0 Å². The van der Waals surface area contributed by atoms with Gasteiger partial charge in [-0.05, 0) is 49.9 Å². The second-order valence-corrected chi connectivity index (χ2v) is 6.87. The topological polar surface area (TPSA) is 45.4 Å². The molecule has 0 fully saturated rings. The fourth-order valence-electron chi connectivity index (χ4n) is 2.96. The van der Waals surface area contributed by atoms with Gasteiger partial charge in [-0.3, -0.25) is 0 Å². The third-order valence-electron chi connectivity index (χ3n) is 4.67. The van der Waals surface area contributed by atoms with Crippen LogP contribution in [0, 0.1) is 0 Å². The Kier molecular flexibility index (Phi) is 6.26. The quantitative estimate of drug-likeness (QED) is 0.594. The molecule has 2 unspecified atom stereocenters. The molecule has 2 N–H and O–H groups in total. The van der Waals surface area contributed by atoms with Crippen LogP contribution >= 0.6 is 0 Å². The second-order valence-electron chi connectivity index (χ2n) is 6.87. The normalized spacial score (nSPS) is 13.5. The molecule has 0 aliphatic carbocycles. The van der Waals surface area contributed by atoms with Gasteiger partial charge in [0.25, 0.3) is 0 Å². The summed E-state index contributed by atoms with van der Waals surface area (Å²) in [6.45, 7) is 4.70. The number of nitrogens with one attached hydrogen (secondary N) is 1. The highest BCUT2D eigenvalue weighted by Crippen LogP contribution is 2.24. The van der Waals surface area contributed by atoms with E-state index in [0.29, 0.717) is 6.04 Å². The predicted molar refractivity (Wildman–Crippen MR) is 106 cm³/mol. The number of aliphatic hydroxyl groups excluding tert-OH is 1. The van der Waals surface area contributed by atoms with Gasteiger partial charge in [0.15, 0.2) is 0 Å². The fraction of sp³-hybridized carbons (Fsp3) is 0.304. The van der Waals surface area contributed by atoms with Crippen LogP contribution in [-0.2, 0) is 13.0 Å². The van der Waals surface area contributed by atoms with Crippen LogP contribution in [0.3, 0.4) is 0 Å². The van der Waals surface area contributed by atoms with Crippen molar-refractivity contribution in [2.45, 2.75) is 45.4 Å². The number of aliphatic hydroxyl groups is 1. The van der Waals surface area contributed by atoms with E-state index in [9.17, 15) is 5.11 Å². The second kappa shape index (κ2) is 8.84. The number of furan rings is 1. The van der Waals surface area contributed by atoms with E-state index in [1.165, 1.54) is 5.56 Å². The minimum absolute atomic E-state index is 0.425. The Labute approximate surface area is 155 Å². The lowest BCUT2D eigenvalue weighted by Crippen LogP contribution is -2.25. The van der Waals surface area contributed by atoms with E-state index in [1.807, 2.05) is 36.4 Å². The van der Waals surface area contributed by atoms with Crippen LogP contribution in [0.1, 0.15) is 43.3 Å². The summed E-state index contributed by atoms with van der Waals surface area (Å²) in [5, 5.41) is 13.1. The van der Waals surface area contributed by atoms with Gasteiger partial charge in [-0.1, -0.05) is 54.6 Å². The number of aryl methyl sites for hydroxylation is 1. The number of hydrogen-bond donors (Lipinski definition) is 2. The van der Waals surface area contributed by atoms with E-state index >= 15 is 0 Å². The first-order valence-electron chi connectivity index (χ1n) is 9.26. The first-order chi connectivity index (χ1) is 12.6. The van der Waals surface area contributed by atoms with Gasteiger partial charge < -0.3 is 14.8 Å². The van der Waals surface area contributed by atoms with E-state index in [2.05, 4.69) is 42.6 Å². The molecule has 0 radical (unpaired) electrons. The van der Waals surface area contributed by atoms with Crippen LogP contribution in [0.25, 0.3) is 11.3 Å². The van der Waals surface area contributed by atoms with Crippen LogP contribution in [0.4, 0.5) is 0 Å². The lowest BCUT2D eigenvalue weighted by atomic mass is 10.1. The van der Waals surface area contributed by atoms with Crippen molar-refractivity contribution >= 4 is 0 Å². The zero-order valence-corrected chi connectivity index (χ0v) is 15.5. The Hall–Kier alpha value is -2.36. The predicted octanol–water partition coefficient (Wildman–Crippen LogP) is 5.11. The maximum absolute atomic E-state index is 9.60. The summed E-state index contributed by atoms with van der Waals surface area (Å²) < 4.78 is 5.96. The molecular formula is C23H27NO2. The summed E-state index contributed by atoms with van der Waals surface area (Å²) in [7, 11) is 0. The van der Waals surface area contributed by atoms with Crippen molar-refractivity contribution in [1.29, 1.82) is 0 Å². The summed E-state index contributed by atoms with van der Waals surface area (Å²) in [5.41, 5.74) is 3.31. The van der Waals surface area contributed by atoms with E-state index in [4.69, 9.17) is 4.42 Å². The highest BCUT2D eigenvalue weighted by atomic mass is 16.3. The number of rotatable bonds is 8. The van der Waals surface area contributed by atoms with Gasteiger partial charge in [-0.2, -0.15) is 0 Å². The molecule has 3 nitrogen and oxygen atoms in total. The van der Waals surface area contributed by atoms with E-state index in [0.717, 1.165) is 42.0 Å². The lowest BCUT2D eigenvalue weighted by Gasteiger charge is -2.12. The summed E-state index contributed by atoms with van der Waals surface area (Å²) in [4.78, 5) is 0. The molecule has 0 amide bonds. The van der Waals surface area contributed by atoms with Crippen LogP contribution in [-0.4, -0.2) is 11.1 Å². The third kappa shape index (κ3) is 5.07. The minimum Gasteiger partial charge on any atom is -0.460 e. The summed E-state index contributed by atoms with van der Waals surface area (Å²) in [6.07, 6.45) is 1.73. The Morgan fingerprint density at radius 1 is 0.923 bits per heavy atom. The highest BCUT2D eigenvalue weighted by Gasteiger charge is 2.08. The van der Waals surface area contributed by atoms with Crippen LogP contribution in [0.2, 0.25) is 0 Å². The molecule has 3 aromatic rings. The molecule has 3 heteroatoms. The van der Waals surface area contributed by atoms with Crippen molar-refractivity contribution in [3.63, 3.8) is 0 Å². The third-order valence-corrected chi connectivity index (χ3v) is 4.67. The van der Waals surface area contributed by atoms with Gasteiger partial charge in [-0.15, -0.1) is 0 Å². The maximum Gasteiger partial charge on any atom is 0.134 e. The summed E-state index contributed by atoms with van der Waals surface area (Å²) in [5.74, 6) is 1.79. The van der Waals surface area contributed by atoms with Crippen LogP contribution in [0.5, 0.6) is 0 Å². The Morgan fingerprint density at radius 3 is 2.35 bits per heavy atom. The SMILES string of the molecule is CC(CCc1ccccc1)NCc1ccc(-c2ccc(C(C)O)cc2)o1. The molecule has 2 atom stereocenters. The van der Waals surface area contributed by atoms with Gasteiger partial charge in [0.1, 0.15) is 11.5 Å².